The first-order valence-corrected chi connectivity index (χ1v) is 8.79. The number of nitrogens with one attached hydrogen (secondary N) is 1. The lowest BCUT2D eigenvalue weighted by Gasteiger charge is -2.18. The van der Waals surface area contributed by atoms with Gasteiger partial charge < -0.3 is 10.1 Å². The Morgan fingerprint density at radius 1 is 1.07 bits per heavy atom. The summed E-state index contributed by atoms with van der Waals surface area (Å²) in [4.78, 5) is 49.6. The lowest BCUT2D eigenvalue weighted by atomic mass is 10.0. The van der Waals surface area contributed by atoms with E-state index in [2.05, 4.69) is 5.32 Å². The molecule has 2 aromatic carbocycles. The highest BCUT2D eigenvalue weighted by Crippen LogP contribution is 2.24. The van der Waals surface area contributed by atoms with Crippen LogP contribution in [0.3, 0.4) is 0 Å². The topological polar surface area (TPSA) is 92.8 Å². The lowest BCUT2D eigenvalue weighted by Crippen LogP contribution is -2.30. The molecule has 0 spiro atoms. The molecule has 1 aliphatic heterocycles. The van der Waals surface area contributed by atoms with Crippen molar-refractivity contribution in [3.8, 4) is 0 Å². The van der Waals surface area contributed by atoms with E-state index in [9.17, 15) is 19.2 Å². The second kappa shape index (κ2) is 7.82. The van der Waals surface area contributed by atoms with Gasteiger partial charge in [-0.1, -0.05) is 23.7 Å². The predicted octanol–water partition coefficient (Wildman–Crippen LogP) is 2.60. The van der Waals surface area contributed by atoms with Crippen LogP contribution in [0.25, 0.3) is 0 Å². The van der Waals surface area contributed by atoms with Crippen LogP contribution in [0.1, 0.15) is 49.1 Å². The number of imide groups is 1. The molecule has 144 valence electrons. The second-order valence-corrected chi connectivity index (χ2v) is 6.72. The van der Waals surface area contributed by atoms with Crippen LogP contribution in [0, 0.1) is 0 Å². The Kier molecular flexibility index (Phi) is 5.46. The van der Waals surface area contributed by atoms with Crippen LogP contribution in [0.5, 0.6) is 0 Å². The van der Waals surface area contributed by atoms with Crippen molar-refractivity contribution in [3.05, 3.63) is 69.7 Å². The summed E-state index contributed by atoms with van der Waals surface area (Å²) in [6, 6.07) is 10.4. The number of halogens is 1. The maximum atomic E-state index is 12.7. The van der Waals surface area contributed by atoms with E-state index >= 15 is 0 Å². The van der Waals surface area contributed by atoms with Gasteiger partial charge in [-0.3, -0.25) is 24.1 Å². The van der Waals surface area contributed by atoms with Gasteiger partial charge in [0.05, 0.1) is 30.7 Å². The second-order valence-electron chi connectivity index (χ2n) is 6.29. The third kappa shape index (κ3) is 3.75. The predicted molar refractivity (Wildman–Crippen MR) is 101 cm³/mol. The van der Waals surface area contributed by atoms with E-state index in [-0.39, 0.29) is 23.1 Å². The zero-order valence-corrected chi connectivity index (χ0v) is 15.9. The molecule has 0 bridgehead atoms. The van der Waals surface area contributed by atoms with Crippen molar-refractivity contribution in [2.75, 3.05) is 14.2 Å². The van der Waals surface area contributed by atoms with Gasteiger partial charge in [0.15, 0.2) is 0 Å². The van der Waals surface area contributed by atoms with Crippen molar-refractivity contribution < 1.29 is 23.9 Å². The minimum absolute atomic E-state index is 0.0744. The molecule has 0 saturated heterocycles. The van der Waals surface area contributed by atoms with Gasteiger partial charge in [0.2, 0.25) is 0 Å². The molecular weight excluding hydrogens is 384 g/mol. The number of ether oxygens (including phenoxy) is 1. The number of benzene rings is 2. The molecule has 2 aromatic rings. The number of carbonyl (C=O) groups is 4. The van der Waals surface area contributed by atoms with Crippen LogP contribution in [0.15, 0.2) is 42.5 Å². The summed E-state index contributed by atoms with van der Waals surface area (Å²) in [5, 5.41) is 3.30. The number of esters is 1. The number of hydrogen-bond acceptors (Lipinski definition) is 5. The van der Waals surface area contributed by atoms with Crippen LogP contribution >= 0.6 is 11.6 Å². The van der Waals surface area contributed by atoms with E-state index in [1.807, 2.05) is 0 Å². The molecule has 1 atom stereocenters. The SMILES string of the molecule is COC(=O)CC(NC(=O)c1ccc2c(c1)C(=O)N(C)C2=O)c1ccc(Cl)cc1. The normalized spacial score (nSPS) is 13.9. The number of hydrogen-bond donors (Lipinski definition) is 1. The van der Waals surface area contributed by atoms with Crippen LogP contribution in [-0.4, -0.2) is 42.7 Å². The minimum atomic E-state index is -0.648. The molecule has 3 amide bonds. The van der Waals surface area contributed by atoms with Crippen molar-refractivity contribution >= 4 is 35.3 Å². The van der Waals surface area contributed by atoms with Crippen LogP contribution in [-0.2, 0) is 9.53 Å². The summed E-state index contributed by atoms with van der Waals surface area (Å²) in [5.41, 5.74) is 1.32. The largest absolute Gasteiger partial charge is 0.469 e. The summed E-state index contributed by atoms with van der Waals surface area (Å²) in [6.45, 7) is 0. The summed E-state index contributed by atoms with van der Waals surface area (Å²) in [6.07, 6.45) is -0.0744. The molecule has 0 aliphatic carbocycles. The number of rotatable bonds is 5. The van der Waals surface area contributed by atoms with Crippen molar-refractivity contribution in [2.24, 2.45) is 0 Å². The first-order valence-electron chi connectivity index (χ1n) is 8.41. The van der Waals surface area contributed by atoms with Gasteiger partial charge >= 0.3 is 5.97 Å². The number of methoxy groups -OCH3 is 1. The number of fused-ring (bicyclic) bond motifs is 1. The fourth-order valence-corrected chi connectivity index (χ4v) is 3.07. The quantitative estimate of drug-likeness (QED) is 0.615. The molecule has 7 nitrogen and oxygen atoms in total. The Balaban J connectivity index is 1.86. The molecule has 3 rings (SSSR count). The molecular formula is C20H17ClN2O5. The smallest absolute Gasteiger partial charge is 0.307 e. The molecule has 1 aliphatic rings. The molecule has 0 aromatic heterocycles. The molecule has 28 heavy (non-hydrogen) atoms. The Morgan fingerprint density at radius 2 is 1.71 bits per heavy atom. The number of carbonyl (C=O) groups excluding carboxylic acids is 4. The summed E-state index contributed by atoms with van der Waals surface area (Å²) >= 11 is 5.90. The average molecular weight is 401 g/mol. The van der Waals surface area contributed by atoms with Gasteiger partial charge in [-0.25, -0.2) is 0 Å². The molecule has 1 N–H and O–H groups in total. The van der Waals surface area contributed by atoms with Crippen LogP contribution < -0.4 is 5.32 Å². The molecule has 0 fully saturated rings. The lowest BCUT2D eigenvalue weighted by molar-refractivity contribution is -0.141. The molecule has 0 saturated carbocycles. The average Bonchev–Trinajstić information content (AvgIpc) is 2.91. The van der Waals surface area contributed by atoms with Gasteiger partial charge in [0.1, 0.15) is 0 Å². The van der Waals surface area contributed by atoms with Gasteiger partial charge in [0, 0.05) is 17.6 Å². The van der Waals surface area contributed by atoms with E-state index in [1.165, 1.54) is 32.4 Å². The van der Waals surface area contributed by atoms with E-state index in [4.69, 9.17) is 16.3 Å². The van der Waals surface area contributed by atoms with Crippen molar-refractivity contribution in [2.45, 2.75) is 12.5 Å². The van der Waals surface area contributed by atoms with Crippen LogP contribution in [0.4, 0.5) is 0 Å². The van der Waals surface area contributed by atoms with Gasteiger partial charge in [0.25, 0.3) is 17.7 Å². The maximum Gasteiger partial charge on any atom is 0.307 e. The molecule has 1 heterocycles. The highest BCUT2D eigenvalue weighted by Gasteiger charge is 2.33. The van der Waals surface area contributed by atoms with Gasteiger partial charge in [-0.05, 0) is 35.9 Å². The van der Waals surface area contributed by atoms with Crippen molar-refractivity contribution in [1.82, 2.24) is 10.2 Å². The zero-order valence-electron chi connectivity index (χ0n) is 15.2. The monoisotopic (exact) mass is 400 g/mol. The van der Waals surface area contributed by atoms with E-state index in [0.717, 1.165) is 4.90 Å². The van der Waals surface area contributed by atoms with E-state index in [1.54, 1.807) is 24.3 Å². The third-order valence-corrected chi connectivity index (χ3v) is 4.78. The Bertz CT molecular complexity index is 971. The maximum absolute atomic E-state index is 12.7. The molecule has 1 unspecified atom stereocenters. The highest BCUT2D eigenvalue weighted by molar-refractivity contribution is 6.30. The van der Waals surface area contributed by atoms with Gasteiger partial charge in [-0.15, -0.1) is 0 Å². The fourth-order valence-electron chi connectivity index (χ4n) is 2.94. The Morgan fingerprint density at radius 3 is 2.36 bits per heavy atom. The first kappa shape index (κ1) is 19.6. The van der Waals surface area contributed by atoms with E-state index in [0.29, 0.717) is 10.6 Å². The Labute approximate surface area is 166 Å². The fraction of sp³-hybridized carbons (Fsp3) is 0.200. The first-order chi connectivity index (χ1) is 13.3. The summed E-state index contributed by atoms with van der Waals surface area (Å²) in [7, 11) is 2.65. The summed E-state index contributed by atoms with van der Waals surface area (Å²) < 4.78 is 4.71. The zero-order chi connectivity index (χ0) is 20.4. The summed E-state index contributed by atoms with van der Waals surface area (Å²) in [5.74, 6) is -1.84. The van der Waals surface area contributed by atoms with Crippen molar-refractivity contribution in [1.29, 1.82) is 0 Å². The standard InChI is InChI=1S/C20H17ClN2O5/c1-23-19(26)14-8-5-12(9-15(14)20(23)27)18(25)22-16(10-17(24)28-2)11-3-6-13(21)7-4-11/h3-9,16H,10H2,1-2H3,(H,22,25). The van der Waals surface area contributed by atoms with E-state index < -0.39 is 29.7 Å². The Hall–Kier alpha value is -3.19. The van der Waals surface area contributed by atoms with Gasteiger partial charge in [-0.2, -0.15) is 0 Å². The minimum Gasteiger partial charge on any atom is -0.469 e. The molecule has 8 heteroatoms. The number of amides is 3. The highest BCUT2D eigenvalue weighted by atomic mass is 35.5. The number of nitrogens with zero attached hydrogens (tertiary/aromatic N) is 1. The third-order valence-electron chi connectivity index (χ3n) is 4.53. The molecule has 0 radical (unpaired) electrons. The van der Waals surface area contributed by atoms with Crippen molar-refractivity contribution in [3.63, 3.8) is 0 Å². The van der Waals surface area contributed by atoms with Crippen LogP contribution in [0.2, 0.25) is 5.02 Å².